The molecule has 162 valence electrons. The molecular weight excluding hydrogens is 355 g/mol. The maximum atomic E-state index is 13.1. The fourth-order valence-electron chi connectivity index (χ4n) is 5.58. The van der Waals surface area contributed by atoms with Gasteiger partial charge in [0.05, 0.1) is 0 Å². The first kappa shape index (κ1) is 22.6. The van der Waals surface area contributed by atoms with E-state index in [0.717, 1.165) is 17.8 Å². The number of allylic oxidation sites excluding steroid dienone is 2. The van der Waals surface area contributed by atoms with Gasteiger partial charge in [-0.15, -0.1) is 0 Å². The lowest BCUT2D eigenvalue weighted by Gasteiger charge is -2.29. The standard InChI is InChI=1S/C28H43F/c1-2-3-4-5-6-7-8-23-9-11-24(12-10-23)13-14-25-15-17-26(18-16-25)27-19-21-28(29)22-20-27/h13-14,19-26H,2-12,15-18H2,1H3/t23-,24-,25-,26-. The molecule has 0 unspecified atom stereocenters. The zero-order valence-electron chi connectivity index (χ0n) is 18.8. The molecule has 0 heterocycles. The van der Waals surface area contributed by atoms with E-state index in [1.807, 2.05) is 12.1 Å². The molecule has 0 amide bonds. The molecule has 0 radical (unpaired) electrons. The summed E-state index contributed by atoms with van der Waals surface area (Å²) >= 11 is 0. The van der Waals surface area contributed by atoms with Gasteiger partial charge in [-0.3, -0.25) is 0 Å². The van der Waals surface area contributed by atoms with E-state index in [9.17, 15) is 4.39 Å². The van der Waals surface area contributed by atoms with E-state index in [2.05, 4.69) is 19.1 Å². The molecule has 1 aromatic carbocycles. The molecule has 0 atom stereocenters. The van der Waals surface area contributed by atoms with Crippen molar-refractivity contribution < 1.29 is 4.39 Å². The Labute approximate surface area is 179 Å². The van der Waals surface area contributed by atoms with Gasteiger partial charge in [0.25, 0.3) is 0 Å². The van der Waals surface area contributed by atoms with Crippen LogP contribution < -0.4 is 0 Å². The van der Waals surface area contributed by atoms with Crippen molar-refractivity contribution in [2.75, 3.05) is 0 Å². The molecule has 0 nitrogen and oxygen atoms in total. The fraction of sp³-hybridized carbons (Fsp3) is 0.714. The Bertz CT molecular complexity index is 571. The summed E-state index contributed by atoms with van der Waals surface area (Å²) in [5.41, 5.74) is 1.33. The van der Waals surface area contributed by atoms with Crippen LogP contribution in [0.4, 0.5) is 4.39 Å². The molecule has 0 saturated heterocycles. The molecule has 29 heavy (non-hydrogen) atoms. The molecule has 0 aliphatic heterocycles. The van der Waals surface area contributed by atoms with Gasteiger partial charge < -0.3 is 0 Å². The molecule has 0 bridgehead atoms. The van der Waals surface area contributed by atoms with Crippen LogP contribution in [0.2, 0.25) is 0 Å². The highest BCUT2D eigenvalue weighted by Gasteiger charge is 2.22. The summed E-state index contributed by atoms with van der Waals surface area (Å²) in [5.74, 6) is 3.14. The Balaban J connectivity index is 1.28. The highest BCUT2D eigenvalue weighted by Crippen LogP contribution is 2.37. The van der Waals surface area contributed by atoms with Crippen molar-refractivity contribution in [1.29, 1.82) is 0 Å². The van der Waals surface area contributed by atoms with Crippen LogP contribution >= 0.6 is 0 Å². The van der Waals surface area contributed by atoms with E-state index in [1.165, 1.54) is 102 Å². The Hall–Kier alpha value is -1.11. The van der Waals surface area contributed by atoms with Gasteiger partial charge in [-0.2, -0.15) is 0 Å². The highest BCUT2D eigenvalue weighted by atomic mass is 19.1. The summed E-state index contributed by atoms with van der Waals surface area (Å²) in [5, 5.41) is 0. The number of rotatable bonds is 10. The number of halogens is 1. The van der Waals surface area contributed by atoms with Crippen molar-refractivity contribution >= 4 is 0 Å². The average molecular weight is 399 g/mol. The quantitative estimate of drug-likeness (QED) is 0.272. The molecule has 0 spiro atoms. The van der Waals surface area contributed by atoms with Crippen molar-refractivity contribution in [1.82, 2.24) is 0 Å². The van der Waals surface area contributed by atoms with Crippen LogP contribution in [-0.4, -0.2) is 0 Å². The molecule has 2 aliphatic carbocycles. The predicted octanol–water partition coefficient (Wildman–Crippen LogP) is 9.21. The van der Waals surface area contributed by atoms with Crippen LogP contribution in [0.5, 0.6) is 0 Å². The van der Waals surface area contributed by atoms with Gasteiger partial charge in [0.1, 0.15) is 5.82 Å². The van der Waals surface area contributed by atoms with Crippen LogP contribution in [0.25, 0.3) is 0 Å². The Kier molecular flexibility index (Phi) is 9.77. The second-order valence-electron chi connectivity index (χ2n) is 9.89. The second kappa shape index (κ2) is 12.6. The second-order valence-corrected chi connectivity index (χ2v) is 9.89. The molecule has 1 heteroatoms. The third kappa shape index (κ3) is 7.91. The minimum Gasteiger partial charge on any atom is -0.207 e. The summed E-state index contributed by atoms with van der Waals surface area (Å²) in [6.45, 7) is 2.30. The highest BCUT2D eigenvalue weighted by molar-refractivity contribution is 5.21. The zero-order chi connectivity index (χ0) is 20.3. The van der Waals surface area contributed by atoms with Crippen LogP contribution in [-0.2, 0) is 0 Å². The molecule has 0 aromatic heterocycles. The molecule has 2 fully saturated rings. The van der Waals surface area contributed by atoms with Crippen molar-refractivity contribution in [3.05, 3.63) is 47.8 Å². The van der Waals surface area contributed by atoms with E-state index >= 15 is 0 Å². The number of benzene rings is 1. The summed E-state index contributed by atoms with van der Waals surface area (Å²) in [7, 11) is 0. The normalized spacial score (nSPS) is 28.1. The van der Waals surface area contributed by atoms with Crippen LogP contribution in [0.1, 0.15) is 115 Å². The topological polar surface area (TPSA) is 0 Å². The molecular formula is C28H43F. The molecule has 1 aromatic rings. The molecule has 3 rings (SSSR count). The van der Waals surface area contributed by atoms with Gasteiger partial charge in [-0.05, 0) is 92.7 Å². The van der Waals surface area contributed by atoms with Crippen molar-refractivity contribution in [2.45, 2.75) is 109 Å². The maximum Gasteiger partial charge on any atom is 0.123 e. The van der Waals surface area contributed by atoms with Gasteiger partial charge in [-0.1, -0.05) is 76.2 Å². The third-order valence-electron chi connectivity index (χ3n) is 7.63. The van der Waals surface area contributed by atoms with E-state index in [0.29, 0.717) is 5.92 Å². The fourth-order valence-corrected chi connectivity index (χ4v) is 5.58. The average Bonchev–Trinajstić information content (AvgIpc) is 2.76. The monoisotopic (exact) mass is 398 g/mol. The van der Waals surface area contributed by atoms with E-state index in [-0.39, 0.29) is 5.82 Å². The van der Waals surface area contributed by atoms with Gasteiger partial charge in [0, 0.05) is 0 Å². The summed E-state index contributed by atoms with van der Waals surface area (Å²) < 4.78 is 13.1. The molecule has 2 saturated carbocycles. The minimum absolute atomic E-state index is 0.118. The lowest BCUT2D eigenvalue weighted by molar-refractivity contribution is 0.287. The van der Waals surface area contributed by atoms with Gasteiger partial charge in [0.15, 0.2) is 0 Å². The Morgan fingerprint density at radius 2 is 1.28 bits per heavy atom. The minimum atomic E-state index is -0.118. The molecule has 2 aliphatic rings. The number of hydrogen-bond acceptors (Lipinski definition) is 0. The SMILES string of the molecule is CCCCCCCC[C@H]1CC[C@H](C=C[C@H]2CC[C@H](c3ccc(F)cc3)CC2)CC1. The van der Waals surface area contributed by atoms with Crippen molar-refractivity contribution in [3.8, 4) is 0 Å². The maximum absolute atomic E-state index is 13.1. The first-order valence-electron chi connectivity index (χ1n) is 12.7. The van der Waals surface area contributed by atoms with Crippen LogP contribution in [0.15, 0.2) is 36.4 Å². The van der Waals surface area contributed by atoms with Crippen LogP contribution in [0, 0.1) is 23.6 Å². The van der Waals surface area contributed by atoms with Gasteiger partial charge >= 0.3 is 0 Å². The summed E-state index contributed by atoms with van der Waals surface area (Å²) in [4.78, 5) is 0. The third-order valence-corrected chi connectivity index (χ3v) is 7.63. The van der Waals surface area contributed by atoms with E-state index < -0.39 is 0 Å². The lowest BCUT2D eigenvalue weighted by Crippen LogP contribution is -2.14. The summed E-state index contributed by atoms with van der Waals surface area (Å²) in [6, 6.07) is 7.20. The van der Waals surface area contributed by atoms with Crippen LogP contribution in [0.3, 0.4) is 0 Å². The Morgan fingerprint density at radius 3 is 1.90 bits per heavy atom. The first-order valence-corrected chi connectivity index (χ1v) is 12.7. The predicted molar refractivity (Wildman–Crippen MR) is 124 cm³/mol. The van der Waals surface area contributed by atoms with Gasteiger partial charge in [0.2, 0.25) is 0 Å². The number of hydrogen-bond donors (Lipinski definition) is 0. The van der Waals surface area contributed by atoms with Crippen molar-refractivity contribution in [3.63, 3.8) is 0 Å². The zero-order valence-corrected chi connectivity index (χ0v) is 18.8. The first-order chi connectivity index (χ1) is 14.2. The van der Waals surface area contributed by atoms with Gasteiger partial charge in [-0.25, -0.2) is 4.39 Å². The van der Waals surface area contributed by atoms with Crippen molar-refractivity contribution in [2.24, 2.45) is 17.8 Å². The Morgan fingerprint density at radius 1 is 0.724 bits per heavy atom. The van der Waals surface area contributed by atoms with E-state index in [4.69, 9.17) is 0 Å². The molecule has 0 N–H and O–H groups in total. The summed E-state index contributed by atoms with van der Waals surface area (Å²) in [6.07, 6.45) is 26.1. The van der Waals surface area contributed by atoms with E-state index in [1.54, 1.807) is 12.1 Å². The number of unbranched alkanes of at least 4 members (excludes halogenated alkanes) is 5. The smallest absolute Gasteiger partial charge is 0.123 e. The lowest BCUT2D eigenvalue weighted by atomic mass is 9.77. The largest absolute Gasteiger partial charge is 0.207 e.